The van der Waals surface area contributed by atoms with Crippen molar-refractivity contribution in [2.45, 2.75) is 34.1 Å². The molecule has 0 aliphatic rings. The maximum atomic E-state index is 12.0. The minimum absolute atomic E-state index is 0.00632. The molecule has 0 aliphatic heterocycles. The fourth-order valence-corrected chi connectivity index (χ4v) is 2.94. The van der Waals surface area contributed by atoms with E-state index in [1.54, 1.807) is 7.11 Å². The van der Waals surface area contributed by atoms with Crippen molar-refractivity contribution >= 4 is 32.6 Å². The SMILES string of the molecule is COc1ccc(C)c2sc(NC(=O)CC(C)(C)C)nc12. The summed E-state index contributed by atoms with van der Waals surface area (Å²) in [5.74, 6) is 0.728. The highest BCUT2D eigenvalue weighted by Gasteiger charge is 2.18. The van der Waals surface area contributed by atoms with Gasteiger partial charge in [0.2, 0.25) is 5.91 Å². The zero-order valence-electron chi connectivity index (χ0n) is 12.5. The molecule has 0 unspecified atom stereocenters. The van der Waals surface area contributed by atoms with E-state index < -0.39 is 0 Å². The normalized spacial score (nSPS) is 11.7. The Morgan fingerprint density at radius 1 is 1.40 bits per heavy atom. The van der Waals surface area contributed by atoms with Crippen molar-refractivity contribution in [2.24, 2.45) is 5.41 Å². The molecule has 1 amide bonds. The van der Waals surface area contributed by atoms with Gasteiger partial charge in [-0.2, -0.15) is 0 Å². The summed E-state index contributed by atoms with van der Waals surface area (Å²) >= 11 is 1.48. The third-order valence-electron chi connectivity index (χ3n) is 2.86. The number of carbonyl (C=O) groups excluding carboxylic acids is 1. The molecule has 0 aliphatic carbocycles. The van der Waals surface area contributed by atoms with E-state index in [4.69, 9.17) is 4.74 Å². The molecule has 1 aromatic carbocycles. The molecule has 0 saturated carbocycles. The highest BCUT2D eigenvalue weighted by atomic mass is 32.1. The highest BCUT2D eigenvalue weighted by Crippen LogP contribution is 2.35. The van der Waals surface area contributed by atoms with Gasteiger partial charge in [-0.3, -0.25) is 4.79 Å². The standard InChI is InChI=1S/C15H20N2O2S/c1-9-6-7-10(19-5)12-13(9)20-14(17-12)16-11(18)8-15(2,3)4/h6-7H,8H2,1-5H3,(H,16,17,18). The van der Waals surface area contributed by atoms with Crippen LogP contribution in [0.25, 0.3) is 10.2 Å². The maximum Gasteiger partial charge on any atom is 0.226 e. The number of hydrogen-bond donors (Lipinski definition) is 1. The number of aromatic nitrogens is 1. The Morgan fingerprint density at radius 2 is 2.10 bits per heavy atom. The molecule has 0 fully saturated rings. The molecule has 4 nitrogen and oxygen atoms in total. The molecule has 1 aromatic heterocycles. The van der Waals surface area contributed by atoms with Gasteiger partial charge in [0, 0.05) is 6.42 Å². The van der Waals surface area contributed by atoms with Gasteiger partial charge in [0.25, 0.3) is 0 Å². The van der Waals surface area contributed by atoms with Crippen LogP contribution in [0.1, 0.15) is 32.8 Å². The van der Waals surface area contributed by atoms with Crippen molar-refractivity contribution in [3.63, 3.8) is 0 Å². The van der Waals surface area contributed by atoms with E-state index >= 15 is 0 Å². The quantitative estimate of drug-likeness (QED) is 0.930. The van der Waals surface area contributed by atoms with Crippen LogP contribution in [0.2, 0.25) is 0 Å². The number of thiazole rings is 1. The van der Waals surface area contributed by atoms with Crippen molar-refractivity contribution in [3.05, 3.63) is 17.7 Å². The molecule has 1 heterocycles. The average molecular weight is 292 g/mol. The number of methoxy groups -OCH3 is 1. The highest BCUT2D eigenvalue weighted by molar-refractivity contribution is 7.22. The van der Waals surface area contributed by atoms with Crippen LogP contribution < -0.4 is 10.1 Å². The number of benzene rings is 1. The molecule has 1 N–H and O–H groups in total. The van der Waals surface area contributed by atoms with Gasteiger partial charge < -0.3 is 10.1 Å². The molecule has 20 heavy (non-hydrogen) atoms. The summed E-state index contributed by atoms with van der Waals surface area (Å²) in [4.78, 5) is 16.4. The summed E-state index contributed by atoms with van der Waals surface area (Å²) in [6.45, 7) is 8.15. The first kappa shape index (κ1) is 14.8. The molecule has 0 spiro atoms. The molecule has 0 saturated heterocycles. The molecular formula is C15H20N2O2S. The lowest BCUT2D eigenvalue weighted by molar-refractivity contribution is -0.117. The number of hydrogen-bond acceptors (Lipinski definition) is 4. The van der Waals surface area contributed by atoms with Gasteiger partial charge in [0.1, 0.15) is 11.3 Å². The first-order chi connectivity index (χ1) is 9.30. The number of nitrogens with one attached hydrogen (secondary N) is 1. The number of amides is 1. The molecule has 0 bridgehead atoms. The second kappa shape index (κ2) is 5.40. The van der Waals surface area contributed by atoms with Crippen LogP contribution in [0.15, 0.2) is 12.1 Å². The van der Waals surface area contributed by atoms with E-state index in [2.05, 4.69) is 10.3 Å². The summed E-state index contributed by atoms with van der Waals surface area (Å²) < 4.78 is 6.36. The van der Waals surface area contributed by atoms with Crippen LogP contribution >= 0.6 is 11.3 Å². The van der Waals surface area contributed by atoms with Crippen molar-refractivity contribution < 1.29 is 9.53 Å². The largest absolute Gasteiger partial charge is 0.494 e. The Kier molecular flexibility index (Phi) is 3.99. The van der Waals surface area contributed by atoms with Crippen LogP contribution in [-0.2, 0) is 4.79 Å². The summed E-state index contributed by atoms with van der Waals surface area (Å²) in [5.41, 5.74) is 1.91. The molecule has 2 aromatic rings. The number of carbonyl (C=O) groups is 1. The van der Waals surface area contributed by atoms with Crippen LogP contribution in [0, 0.1) is 12.3 Å². The van der Waals surface area contributed by atoms with Crippen molar-refractivity contribution in [1.82, 2.24) is 4.98 Å². The zero-order valence-corrected chi connectivity index (χ0v) is 13.4. The Bertz CT molecular complexity index is 641. The lowest BCUT2D eigenvalue weighted by Crippen LogP contribution is -2.19. The summed E-state index contributed by atoms with van der Waals surface area (Å²) in [6, 6.07) is 3.90. The fraction of sp³-hybridized carbons (Fsp3) is 0.467. The van der Waals surface area contributed by atoms with Gasteiger partial charge in [-0.1, -0.05) is 38.2 Å². The second-order valence-corrected chi connectivity index (χ2v) is 7.07. The zero-order chi connectivity index (χ0) is 14.9. The topological polar surface area (TPSA) is 51.2 Å². The fourth-order valence-electron chi connectivity index (χ4n) is 1.97. The van der Waals surface area contributed by atoms with Gasteiger partial charge in [0.05, 0.1) is 11.8 Å². The number of ether oxygens (including phenoxy) is 1. The van der Waals surface area contributed by atoms with E-state index in [-0.39, 0.29) is 11.3 Å². The summed E-state index contributed by atoms with van der Waals surface area (Å²) in [7, 11) is 1.63. The number of aryl methyl sites for hydroxylation is 1. The molecule has 0 radical (unpaired) electrons. The second-order valence-electron chi connectivity index (χ2n) is 6.07. The molecule has 2 rings (SSSR count). The van der Waals surface area contributed by atoms with Crippen molar-refractivity contribution in [1.29, 1.82) is 0 Å². The molecule has 108 valence electrons. The minimum Gasteiger partial charge on any atom is -0.494 e. The number of fused-ring (bicyclic) bond motifs is 1. The van der Waals surface area contributed by atoms with Crippen molar-refractivity contribution in [3.8, 4) is 5.75 Å². The van der Waals surface area contributed by atoms with Gasteiger partial charge in [-0.05, 0) is 24.0 Å². The first-order valence-corrected chi connectivity index (χ1v) is 7.36. The van der Waals surface area contributed by atoms with Crippen LogP contribution in [0.3, 0.4) is 0 Å². The Morgan fingerprint density at radius 3 is 2.70 bits per heavy atom. The van der Waals surface area contributed by atoms with E-state index in [0.29, 0.717) is 11.6 Å². The van der Waals surface area contributed by atoms with E-state index in [1.165, 1.54) is 11.3 Å². The van der Waals surface area contributed by atoms with Gasteiger partial charge >= 0.3 is 0 Å². The number of rotatable bonds is 3. The van der Waals surface area contributed by atoms with Crippen molar-refractivity contribution in [2.75, 3.05) is 12.4 Å². The Balaban J connectivity index is 2.28. The Labute approximate surface area is 123 Å². The van der Waals surface area contributed by atoms with Gasteiger partial charge in [0.15, 0.2) is 5.13 Å². The van der Waals surface area contributed by atoms with Crippen LogP contribution in [0.4, 0.5) is 5.13 Å². The van der Waals surface area contributed by atoms with E-state index in [0.717, 1.165) is 21.5 Å². The van der Waals surface area contributed by atoms with Gasteiger partial charge in [-0.15, -0.1) is 0 Å². The lowest BCUT2D eigenvalue weighted by Gasteiger charge is -2.16. The third-order valence-corrected chi connectivity index (χ3v) is 3.97. The van der Waals surface area contributed by atoms with Crippen LogP contribution in [-0.4, -0.2) is 18.0 Å². The summed E-state index contributed by atoms with van der Waals surface area (Å²) in [6.07, 6.45) is 0.471. The van der Waals surface area contributed by atoms with Crippen LogP contribution in [0.5, 0.6) is 5.75 Å². The average Bonchev–Trinajstić information content (AvgIpc) is 2.71. The smallest absolute Gasteiger partial charge is 0.226 e. The molecular weight excluding hydrogens is 272 g/mol. The number of anilines is 1. The predicted molar refractivity (Wildman–Crippen MR) is 83.6 cm³/mol. The molecule has 5 heteroatoms. The van der Waals surface area contributed by atoms with E-state index in [1.807, 2.05) is 39.8 Å². The predicted octanol–water partition coefficient (Wildman–Crippen LogP) is 3.99. The van der Waals surface area contributed by atoms with Gasteiger partial charge in [-0.25, -0.2) is 4.98 Å². The van der Waals surface area contributed by atoms with E-state index in [9.17, 15) is 4.79 Å². The molecule has 0 atom stereocenters. The summed E-state index contributed by atoms with van der Waals surface area (Å²) in [5, 5.41) is 3.51. The third kappa shape index (κ3) is 3.28. The maximum absolute atomic E-state index is 12.0. The Hall–Kier alpha value is -1.62. The first-order valence-electron chi connectivity index (χ1n) is 6.54. The monoisotopic (exact) mass is 292 g/mol. The minimum atomic E-state index is -0.0334. The lowest BCUT2D eigenvalue weighted by atomic mass is 9.92. The number of nitrogens with zero attached hydrogens (tertiary/aromatic N) is 1.